The summed E-state index contributed by atoms with van der Waals surface area (Å²) in [5.74, 6) is -1.61. The number of halogens is 1. The number of hydrogen-bond acceptors (Lipinski definition) is 5. The van der Waals surface area contributed by atoms with E-state index >= 15 is 0 Å². The summed E-state index contributed by atoms with van der Waals surface area (Å²) < 4.78 is 5.47. The molecule has 4 aromatic carbocycles. The predicted octanol–water partition coefficient (Wildman–Crippen LogP) is 4.60. The first kappa shape index (κ1) is 24.4. The molecule has 3 amide bonds. The van der Waals surface area contributed by atoms with Crippen molar-refractivity contribution in [1.29, 1.82) is 0 Å². The molecule has 0 bridgehead atoms. The minimum atomic E-state index is -0.899. The average Bonchev–Trinajstić information content (AvgIpc) is 2.89. The lowest BCUT2D eigenvalue weighted by Crippen LogP contribution is -2.32. The number of hydrogen-bond donors (Lipinski definition) is 3. The van der Waals surface area contributed by atoms with Gasteiger partial charge in [0.1, 0.15) is 5.75 Å². The summed E-state index contributed by atoms with van der Waals surface area (Å²) in [5.41, 5.74) is 3.90. The zero-order valence-electron chi connectivity index (χ0n) is 18.9. The monoisotopic (exact) mass is 500 g/mol. The Kier molecular flexibility index (Phi) is 7.90. The summed E-state index contributed by atoms with van der Waals surface area (Å²) in [4.78, 5) is 36.4. The molecule has 0 aliphatic rings. The van der Waals surface area contributed by atoms with Gasteiger partial charge in [-0.25, -0.2) is 5.43 Å². The van der Waals surface area contributed by atoms with Crippen LogP contribution in [0.15, 0.2) is 96.1 Å². The Labute approximate surface area is 211 Å². The van der Waals surface area contributed by atoms with Crippen molar-refractivity contribution in [2.24, 2.45) is 5.10 Å². The highest BCUT2D eigenvalue weighted by Crippen LogP contribution is 2.23. The second-order valence-electron chi connectivity index (χ2n) is 7.57. The van der Waals surface area contributed by atoms with Crippen molar-refractivity contribution in [2.45, 2.75) is 0 Å². The zero-order valence-corrected chi connectivity index (χ0v) is 19.7. The number of rotatable bonds is 7. The van der Waals surface area contributed by atoms with Crippen molar-refractivity contribution in [3.8, 4) is 5.75 Å². The second-order valence-corrected chi connectivity index (χ2v) is 7.97. The summed E-state index contributed by atoms with van der Waals surface area (Å²) in [5, 5.41) is 11.3. The fourth-order valence-electron chi connectivity index (χ4n) is 3.28. The first-order valence-corrected chi connectivity index (χ1v) is 11.3. The van der Waals surface area contributed by atoms with Gasteiger partial charge in [-0.15, -0.1) is 0 Å². The summed E-state index contributed by atoms with van der Waals surface area (Å²) in [6.07, 6.45) is 1.39. The Morgan fingerprint density at radius 3 is 2.28 bits per heavy atom. The third-order valence-corrected chi connectivity index (χ3v) is 5.35. The second kappa shape index (κ2) is 11.6. The van der Waals surface area contributed by atoms with Crippen molar-refractivity contribution in [1.82, 2.24) is 5.43 Å². The van der Waals surface area contributed by atoms with Crippen molar-refractivity contribution in [3.63, 3.8) is 0 Å². The molecule has 9 heteroatoms. The van der Waals surface area contributed by atoms with Crippen molar-refractivity contribution < 1.29 is 19.1 Å². The zero-order chi connectivity index (χ0) is 25.3. The molecular weight excluding hydrogens is 480 g/mol. The van der Waals surface area contributed by atoms with Gasteiger partial charge in [0.05, 0.1) is 16.9 Å². The van der Waals surface area contributed by atoms with E-state index in [9.17, 15) is 14.4 Å². The van der Waals surface area contributed by atoms with E-state index in [1.165, 1.54) is 6.21 Å². The maximum atomic E-state index is 12.3. The fraction of sp³-hybridized carbons (Fsp3) is 0.0370. The third-order valence-electron chi connectivity index (χ3n) is 5.02. The van der Waals surface area contributed by atoms with Crippen LogP contribution in [-0.4, -0.2) is 30.5 Å². The highest BCUT2D eigenvalue weighted by molar-refractivity contribution is 6.40. The van der Waals surface area contributed by atoms with Crippen LogP contribution in [0.1, 0.15) is 5.56 Å². The number of carbonyl (C=O) groups excluding carboxylic acids is 3. The number of nitrogens with one attached hydrogen (secondary N) is 3. The summed E-state index contributed by atoms with van der Waals surface area (Å²) in [6, 6.07) is 26.6. The molecule has 0 fully saturated rings. The van der Waals surface area contributed by atoms with Crippen LogP contribution >= 0.6 is 11.6 Å². The van der Waals surface area contributed by atoms with Crippen molar-refractivity contribution in [2.75, 3.05) is 17.2 Å². The van der Waals surface area contributed by atoms with Crippen LogP contribution in [0.25, 0.3) is 10.8 Å². The van der Waals surface area contributed by atoms with Crippen molar-refractivity contribution in [3.05, 3.63) is 102 Å². The first-order chi connectivity index (χ1) is 17.5. The van der Waals surface area contributed by atoms with E-state index in [0.717, 1.165) is 10.8 Å². The normalized spacial score (nSPS) is 10.7. The van der Waals surface area contributed by atoms with Crippen LogP contribution in [-0.2, 0) is 14.4 Å². The minimum Gasteiger partial charge on any atom is -0.484 e. The molecule has 0 saturated heterocycles. The van der Waals surface area contributed by atoms with E-state index in [-0.39, 0.29) is 12.5 Å². The van der Waals surface area contributed by atoms with Gasteiger partial charge in [-0.1, -0.05) is 60.1 Å². The van der Waals surface area contributed by atoms with Gasteiger partial charge in [-0.3, -0.25) is 14.4 Å². The van der Waals surface area contributed by atoms with Gasteiger partial charge < -0.3 is 15.4 Å². The number of hydrazone groups is 1. The lowest BCUT2D eigenvalue weighted by Gasteiger charge is -2.09. The largest absolute Gasteiger partial charge is 0.484 e. The standard InChI is InChI=1S/C27H21ClN4O4/c28-22-9-3-4-10-24(22)30-25(33)17-36-20-14-12-18(13-15-20)16-29-32-27(35)26(34)31-23-11-5-7-19-6-1-2-8-21(19)23/h1-16H,17H2,(H,30,33)(H,31,34)(H,32,35)/b29-16-. The van der Waals surface area contributed by atoms with Gasteiger partial charge in [0.2, 0.25) is 0 Å². The molecule has 36 heavy (non-hydrogen) atoms. The summed E-state index contributed by atoms with van der Waals surface area (Å²) in [7, 11) is 0. The van der Waals surface area contributed by atoms with Gasteiger partial charge in [-0.2, -0.15) is 5.10 Å². The van der Waals surface area contributed by atoms with E-state index in [4.69, 9.17) is 16.3 Å². The Hall–Kier alpha value is -4.69. The Morgan fingerprint density at radius 2 is 1.47 bits per heavy atom. The maximum absolute atomic E-state index is 12.3. The number of carbonyl (C=O) groups is 3. The number of anilines is 2. The van der Waals surface area contributed by atoms with Gasteiger partial charge in [0.15, 0.2) is 6.61 Å². The van der Waals surface area contributed by atoms with Gasteiger partial charge in [-0.05, 0) is 53.4 Å². The molecule has 0 aliphatic heterocycles. The molecule has 0 saturated carbocycles. The molecule has 180 valence electrons. The lowest BCUT2D eigenvalue weighted by molar-refractivity contribution is -0.136. The molecule has 8 nitrogen and oxygen atoms in total. The Bertz CT molecular complexity index is 1430. The molecule has 4 rings (SSSR count). The predicted molar refractivity (Wildman–Crippen MR) is 140 cm³/mol. The quantitative estimate of drug-likeness (QED) is 0.196. The third kappa shape index (κ3) is 6.46. The number of benzene rings is 4. The smallest absolute Gasteiger partial charge is 0.329 e. The van der Waals surface area contributed by atoms with Crippen LogP contribution in [0.5, 0.6) is 5.75 Å². The minimum absolute atomic E-state index is 0.194. The molecule has 0 radical (unpaired) electrons. The summed E-state index contributed by atoms with van der Waals surface area (Å²) in [6.45, 7) is -0.194. The maximum Gasteiger partial charge on any atom is 0.329 e. The van der Waals surface area contributed by atoms with Crippen LogP contribution in [0.2, 0.25) is 5.02 Å². The van der Waals surface area contributed by atoms with Crippen LogP contribution in [0.4, 0.5) is 11.4 Å². The Balaban J connectivity index is 1.25. The molecule has 0 heterocycles. The summed E-state index contributed by atoms with van der Waals surface area (Å²) >= 11 is 6.02. The lowest BCUT2D eigenvalue weighted by atomic mass is 10.1. The van der Waals surface area contributed by atoms with E-state index in [0.29, 0.717) is 27.7 Å². The highest BCUT2D eigenvalue weighted by atomic mass is 35.5. The molecular formula is C27H21ClN4O4. The first-order valence-electron chi connectivity index (χ1n) is 10.9. The molecule has 3 N–H and O–H groups in total. The number of nitrogens with zero attached hydrogens (tertiary/aromatic N) is 1. The SMILES string of the molecule is O=C(COc1ccc(/C=N\NC(=O)C(=O)Nc2cccc3ccccc23)cc1)Nc1ccccc1Cl. The van der Waals surface area contributed by atoms with Crippen molar-refractivity contribution >= 4 is 57.7 Å². The fourth-order valence-corrected chi connectivity index (χ4v) is 3.46. The van der Waals surface area contributed by atoms with Crippen LogP contribution in [0.3, 0.4) is 0 Å². The van der Waals surface area contributed by atoms with Crippen LogP contribution < -0.4 is 20.8 Å². The van der Waals surface area contributed by atoms with Gasteiger partial charge in [0.25, 0.3) is 5.91 Å². The molecule has 0 aliphatic carbocycles. The van der Waals surface area contributed by atoms with Gasteiger partial charge in [0, 0.05) is 11.1 Å². The Morgan fingerprint density at radius 1 is 0.778 bits per heavy atom. The highest BCUT2D eigenvalue weighted by Gasteiger charge is 2.14. The molecule has 0 unspecified atom stereocenters. The van der Waals surface area contributed by atoms with E-state index in [1.807, 2.05) is 30.3 Å². The van der Waals surface area contributed by atoms with E-state index in [1.54, 1.807) is 60.7 Å². The molecule has 0 atom stereocenters. The van der Waals surface area contributed by atoms with E-state index < -0.39 is 11.8 Å². The average molecular weight is 501 g/mol. The van der Waals surface area contributed by atoms with Crippen LogP contribution in [0, 0.1) is 0 Å². The number of amides is 3. The molecule has 4 aromatic rings. The molecule has 0 spiro atoms. The number of ether oxygens (including phenoxy) is 1. The number of para-hydroxylation sites is 1. The van der Waals surface area contributed by atoms with E-state index in [2.05, 4.69) is 21.2 Å². The topological polar surface area (TPSA) is 109 Å². The molecule has 0 aromatic heterocycles. The van der Waals surface area contributed by atoms with Gasteiger partial charge >= 0.3 is 11.8 Å². The number of fused-ring (bicyclic) bond motifs is 1.